The van der Waals surface area contributed by atoms with Crippen molar-refractivity contribution >= 4 is 10.0 Å². The molecule has 1 saturated heterocycles. The Bertz CT molecular complexity index is 554. The molecule has 0 spiro atoms. The Labute approximate surface area is 110 Å². The van der Waals surface area contributed by atoms with Crippen LogP contribution in [-0.4, -0.2) is 37.5 Å². The Morgan fingerprint density at radius 2 is 1.89 bits per heavy atom. The minimum absolute atomic E-state index is 0.0161. The van der Waals surface area contributed by atoms with Gasteiger partial charge in [0.1, 0.15) is 16.5 Å². The van der Waals surface area contributed by atoms with Crippen molar-refractivity contribution in [2.75, 3.05) is 19.7 Å². The van der Waals surface area contributed by atoms with Gasteiger partial charge in [0.25, 0.3) is 0 Å². The first-order valence-corrected chi connectivity index (χ1v) is 7.45. The topological polar surface area (TPSA) is 57.6 Å². The number of nitrogens with zero attached hydrogens (tertiary/aromatic N) is 1. The first-order chi connectivity index (χ1) is 8.95. The van der Waals surface area contributed by atoms with E-state index in [0.717, 1.165) is 16.4 Å². The number of hydrogen-bond donors (Lipinski definition) is 1. The summed E-state index contributed by atoms with van der Waals surface area (Å²) in [4.78, 5) is -0.630. The Morgan fingerprint density at radius 3 is 2.47 bits per heavy atom. The first kappa shape index (κ1) is 14.4. The van der Waals surface area contributed by atoms with Gasteiger partial charge in [0.15, 0.2) is 0 Å². The number of hydrogen-bond acceptors (Lipinski definition) is 3. The van der Waals surface area contributed by atoms with Crippen LogP contribution in [0.5, 0.6) is 0 Å². The van der Waals surface area contributed by atoms with Gasteiger partial charge in [0.05, 0.1) is 0 Å². The summed E-state index contributed by atoms with van der Waals surface area (Å²) < 4.78 is 52.2. The van der Waals surface area contributed by atoms with Crippen LogP contribution in [0.1, 0.15) is 12.8 Å². The van der Waals surface area contributed by atoms with Crippen molar-refractivity contribution < 1.29 is 22.3 Å². The van der Waals surface area contributed by atoms with Crippen LogP contribution in [0, 0.1) is 17.6 Å². The molecule has 0 amide bonds. The maximum absolute atomic E-state index is 13.6. The summed E-state index contributed by atoms with van der Waals surface area (Å²) in [6, 6.07) is 2.39. The molecule has 0 unspecified atom stereocenters. The third kappa shape index (κ3) is 2.93. The van der Waals surface area contributed by atoms with Gasteiger partial charge in [-0.2, -0.15) is 4.31 Å². The molecule has 19 heavy (non-hydrogen) atoms. The summed E-state index contributed by atoms with van der Waals surface area (Å²) in [6.07, 6.45) is 1.04. The number of rotatable bonds is 3. The summed E-state index contributed by atoms with van der Waals surface area (Å²) in [5.41, 5.74) is 0. The van der Waals surface area contributed by atoms with Crippen molar-refractivity contribution in [1.29, 1.82) is 0 Å². The predicted molar refractivity (Wildman–Crippen MR) is 64.9 cm³/mol. The molecule has 0 atom stereocenters. The lowest BCUT2D eigenvalue weighted by Crippen LogP contribution is -2.39. The quantitative estimate of drug-likeness (QED) is 0.915. The van der Waals surface area contributed by atoms with E-state index in [9.17, 15) is 17.2 Å². The zero-order chi connectivity index (χ0) is 14.0. The molecule has 4 nitrogen and oxygen atoms in total. The Kier molecular flexibility index (Phi) is 4.17. The largest absolute Gasteiger partial charge is 0.396 e. The van der Waals surface area contributed by atoms with E-state index < -0.39 is 26.6 Å². The van der Waals surface area contributed by atoms with Gasteiger partial charge in [0.2, 0.25) is 10.0 Å². The maximum Gasteiger partial charge on any atom is 0.246 e. The highest BCUT2D eigenvalue weighted by atomic mass is 32.2. The van der Waals surface area contributed by atoms with E-state index in [1.807, 2.05) is 0 Å². The number of aliphatic hydroxyl groups excluding tert-OH is 1. The summed E-state index contributed by atoms with van der Waals surface area (Å²) in [6.45, 7) is 0.440. The van der Waals surface area contributed by atoms with Crippen molar-refractivity contribution in [1.82, 2.24) is 4.31 Å². The van der Waals surface area contributed by atoms with Crippen LogP contribution in [0.2, 0.25) is 0 Å². The molecule has 0 aliphatic carbocycles. The molecule has 106 valence electrons. The van der Waals surface area contributed by atoms with Crippen LogP contribution in [0.4, 0.5) is 8.78 Å². The molecular weight excluding hydrogens is 276 g/mol. The van der Waals surface area contributed by atoms with Gasteiger partial charge in [-0.15, -0.1) is 0 Å². The van der Waals surface area contributed by atoms with Gasteiger partial charge in [-0.25, -0.2) is 17.2 Å². The minimum atomic E-state index is -4.01. The van der Waals surface area contributed by atoms with Crippen LogP contribution in [0.25, 0.3) is 0 Å². The lowest BCUT2D eigenvalue weighted by molar-refractivity contribution is 0.170. The highest BCUT2D eigenvalue weighted by molar-refractivity contribution is 7.89. The first-order valence-electron chi connectivity index (χ1n) is 6.01. The second kappa shape index (κ2) is 5.52. The fraction of sp³-hybridized carbons (Fsp3) is 0.500. The zero-order valence-electron chi connectivity index (χ0n) is 10.2. The standard InChI is InChI=1S/C12H15F2NO3S/c13-10-1-2-11(14)12(7-10)19(17,18)15-5-3-9(8-16)4-6-15/h1-2,7,9,16H,3-6,8H2. The fourth-order valence-electron chi connectivity index (χ4n) is 2.15. The van der Waals surface area contributed by atoms with Gasteiger partial charge >= 0.3 is 0 Å². The van der Waals surface area contributed by atoms with E-state index in [-0.39, 0.29) is 25.6 Å². The van der Waals surface area contributed by atoms with Crippen molar-refractivity contribution in [3.8, 4) is 0 Å². The summed E-state index contributed by atoms with van der Waals surface area (Å²) in [5.74, 6) is -1.67. The summed E-state index contributed by atoms with van der Waals surface area (Å²) in [7, 11) is -4.01. The lowest BCUT2D eigenvalue weighted by Gasteiger charge is -2.30. The molecule has 0 bridgehead atoms. The number of aliphatic hydroxyl groups is 1. The highest BCUT2D eigenvalue weighted by Gasteiger charge is 2.31. The molecule has 0 aromatic heterocycles. The molecule has 1 fully saturated rings. The van der Waals surface area contributed by atoms with Crippen molar-refractivity contribution in [3.05, 3.63) is 29.8 Å². The van der Waals surface area contributed by atoms with Gasteiger partial charge in [-0.05, 0) is 37.0 Å². The van der Waals surface area contributed by atoms with Gasteiger partial charge in [0, 0.05) is 19.7 Å². The molecule has 1 aliphatic rings. The molecule has 1 aromatic carbocycles. The van der Waals surface area contributed by atoms with Crippen LogP contribution in [0.3, 0.4) is 0 Å². The second-order valence-corrected chi connectivity index (χ2v) is 6.51. The molecule has 1 aliphatic heterocycles. The molecule has 0 radical (unpaired) electrons. The van der Waals surface area contributed by atoms with Gasteiger partial charge in [-0.3, -0.25) is 0 Å². The highest BCUT2D eigenvalue weighted by Crippen LogP contribution is 2.25. The number of benzene rings is 1. The van der Waals surface area contributed by atoms with Gasteiger partial charge in [-0.1, -0.05) is 0 Å². The van der Waals surface area contributed by atoms with E-state index in [1.165, 1.54) is 0 Å². The van der Waals surface area contributed by atoms with Crippen molar-refractivity contribution in [3.63, 3.8) is 0 Å². The number of sulfonamides is 1. The van der Waals surface area contributed by atoms with Gasteiger partial charge < -0.3 is 5.11 Å². The summed E-state index contributed by atoms with van der Waals surface area (Å²) in [5, 5.41) is 9.00. The average Bonchev–Trinajstić information content (AvgIpc) is 2.41. The Hall–Kier alpha value is -1.05. The number of halogens is 2. The Morgan fingerprint density at radius 1 is 1.26 bits per heavy atom. The van der Waals surface area contributed by atoms with E-state index in [0.29, 0.717) is 18.9 Å². The second-order valence-electron chi connectivity index (χ2n) is 4.60. The zero-order valence-corrected chi connectivity index (χ0v) is 11.0. The molecule has 1 N–H and O–H groups in total. The number of piperidine rings is 1. The molecule has 2 rings (SSSR count). The third-order valence-electron chi connectivity index (χ3n) is 3.34. The van der Waals surface area contributed by atoms with E-state index >= 15 is 0 Å². The maximum atomic E-state index is 13.6. The molecule has 7 heteroatoms. The fourth-order valence-corrected chi connectivity index (χ4v) is 3.69. The lowest BCUT2D eigenvalue weighted by atomic mass is 10.00. The molecule has 1 aromatic rings. The van der Waals surface area contributed by atoms with Crippen molar-refractivity contribution in [2.45, 2.75) is 17.7 Å². The molecule has 0 saturated carbocycles. The van der Waals surface area contributed by atoms with E-state index in [2.05, 4.69) is 0 Å². The van der Waals surface area contributed by atoms with E-state index in [4.69, 9.17) is 5.11 Å². The smallest absolute Gasteiger partial charge is 0.246 e. The Balaban J connectivity index is 2.26. The monoisotopic (exact) mass is 291 g/mol. The average molecular weight is 291 g/mol. The summed E-state index contributed by atoms with van der Waals surface area (Å²) >= 11 is 0. The third-order valence-corrected chi connectivity index (χ3v) is 5.26. The minimum Gasteiger partial charge on any atom is -0.396 e. The SMILES string of the molecule is O=S(=O)(c1cc(F)ccc1F)N1CCC(CO)CC1. The normalized spacial score (nSPS) is 18.7. The predicted octanol–water partition coefficient (Wildman–Crippen LogP) is 1.36. The molecule has 1 heterocycles. The van der Waals surface area contributed by atoms with E-state index in [1.54, 1.807) is 0 Å². The van der Waals surface area contributed by atoms with Crippen LogP contribution in [0.15, 0.2) is 23.1 Å². The van der Waals surface area contributed by atoms with Crippen molar-refractivity contribution in [2.24, 2.45) is 5.92 Å². The molecular formula is C12H15F2NO3S. The van der Waals surface area contributed by atoms with Crippen LogP contribution < -0.4 is 0 Å². The van der Waals surface area contributed by atoms with Crippen LogP contribution >= 0.6 is 0 Å². The van der Waals surface area contributed by atoms with Crippen LogP contribution in [-0.2, 0) is 10.0 Å².